The monoisotopic (exact) mass is 452 g/mol. The molecular formula is C26H32N2O3S. The number of nitrogens with one attached hydrogen (secondary N) is 1. The highest BCUT2D eigenvalue weighted by Crippen LogP contribution is 2.38. The summed E-state index contributed by atoms with van der Waals surface area (Å²) in [6.07, 6.45) is 6.90. The smallest absolute Gasteiger partial charge is 0.227 e. The van der Waals surface area contributed by atoms with Crippen LogP contribution in [0.15, 0.2) is 59.5 Å². The summed E-state index contributed by atoms with van der Waals surface area (Å²) in [5.74, 6) is 0.897. The van der Waals surface area contributed by atoms with E-state index in [9.17, 15) is 9.59 Å². The number of carbonyl (C=O) groups excluding carboxylic acids is 2. The van der Waals surface area contributed by atoms with Crippen molar-refractivity contribution in [2.24, 2.45) is 5.92 Å². The molecule has 32 heavy (non-hydrogen) atoms. The number of hydrogen-bond donors (Lipinski definition) is 1. The number of thioether (sulfide) groups is 1. The van der Waals surface area contributed by atoms with Gasteiger partial charge >= 0.3 is 0 Å². The Morgan fingerprint density at radius 1 is 0.938 bits per heavy atom. The number of piperidine rings is 1. The first-order valence-electron chi connectivity index (χ1n) is 11.7. The van der Waals surface area contributed by atoms with Gasteiger partial charge in [-0.05, 0) is 49.9 Å². The number of anilines is 1. The number of likely N-dealkylation sites (tertiary alicyclic amines) is 1. The summed E-state index contributed by atoms with van der Waals surface area (Å²) in [6, 6.07) is 17.7. The van der Waals surface area contributed by atoms with Gasteiger partial charge < -0.3 is 15.0 Å². The van der Waals surface area contributed by atoms with E-state index < -0.39 is 0 Å². The van der Waals surface area contributed by atoms with Gasteiger partial charge in [0.15, 0.2) is 0 Å². The van der Waals surface area contributed by atoms with E-state index in [1.807, 2.05) is 65.2 Å². The van der Waals surface area contributed by atoms with E-state index in [1.54, 1.807) is 0 Å². The Morgan fingerprint density at radius 3 is 2.38 bits per heavy atom. The second kappa shape index (κ2) is 11.4. The van der Waals surface area contributed by atoms with Gasteiger partial charge in [-0.15, -0.1) is 11.8 Å². The molecule has 0 spiro atoms. The molecule has 0 radical (unpaired) electrons. The van der Waals surface area contributed by atoms with Crippen molar-refractivity contribution in [3.8, 4) is 5.75 Å². The molecular weight excluding hydrogens is 420 g/mol. The van der Waals surface area contributed by atoms with Gasteiger partial charge in [-0.25, -0.2) is 0 Å². The third-order valence-corrected chi connectivity index (χ3v) is 7.70. The molecule has 0 unspecified atom stereocenters. The zero-order chi connectivity index (χ0) is 22.2. The van der Waals surface area contributed by atoms with Crippen molar-refractivity contribution < 1.29 is 14.3 Å². The zero-order valence-electron chi connectivity index (χ0n) is 18.5. The quantitative estimate of drug-likeness (QED) is 0.585. The number of para-hydroxylation sites is 2. The normalized spacial score (nSPS) is 17.3. The van der Waals surface area contributed by atoms with Crippen molar-refractivity contribution in [1.29, 1.82) is 0 Å². The lowest BCUT2D eigenvalue weighted by atomic mass is 9.95. The molecule has 2 fully saturated rings. The lowest BCUT2D eigenvalue weighted by Crippen LogP contribution is -2.41. The molecule has 1 saturated heterocycles. The molecule has 1 saturated carbocycles. The Labute approximate surface area is 194 Å². The predicted molar refractivity (Wildman–Crippen MR) is 129 cm³/mol. The van der Waals surface area contributed by atoms with Gasteiger partial charge in [0, 0.05) is 29.2 Å². The summed E-state index contributed by atoms with van der Waals surface area (Å²) in [7, 11) is 0. The van der Waals surface area contributed by atoms with Crippen molar-refractivity contribution in [2.45, 2.75) is 55.1 Å². The summed E-state index contributed by atoms with van der Waals surface area (Å²) < 4.78 is 5.64. The van der Waals surface area contributed by atoms with Crippen LogP contribution in [0.25, 0.3) is 0 Å². The lowest BCUT2D eigenvalue weighted by Gasteiger charge is -2.31. The molecule has 2 aliphatic rings. The van der Waals surface area contributed by atoms with Gasteiger partial charge in [-0.2, -0.15) is 0 Å². The van der Waals surface area contributed by atoms with Gasteiger partial charge in [0.25, 0.3) is 0 Å². The number of hydrogen-bond acceptors (Lipinski definition) is 4. The van der Waals surface area contributed by atoms with Crippen molar-refractivity contribution in [3.05, 3.63) is 54.6 Å². The van der Waals surface area contributed by atoms with Crippen LogP contribution in [0, 0.1) is 5.92 Å². The maximum absolute atomic E-state index is 12.9. The van der Waals surface area contributed by atoms with Gasteiger partial charge in [0.05, 0.1) is 18.7 Å². The maximum atomic E-state index is 12.9. The SMILES string of the molecule is O=C(Nc1ccccc1SC1CCCC1)C1CCN(C(=O)CCOc2ccccc2)CC1. The molecule has 1 heterocycles. The largest absolute Gasteiger partial charge is 0.493 e. The number of amides is 2. The van der Waals surface area contributed by atoms with Crippen LogP contribution < -0.4 is 10.1 Å². The topological polar surface area (TPSA) is 58.6 Å². The van der Waals surface area contributed by atoms with E-state index in [0.29, 0.717) is 44.2 Å². The van der Waals surface area contributed by atoms with E-state index >= 15 is 0 Å². The molecule has 0 atom stereocenters. The highest BCUT2D eigenvalue weighted by molar-refractivity contribution is 8.00. The summed E-state index contributed by atoms with van der Waals surface area (Å²) in [5, 5.41) is 3.83. The van der Waals surface area contributed by atoms with Crippen LogP contribution in [0.1, 0.15) is 44.9 Å². The van der Waals surface area contributed by atoms with E-state index in [1.165, 1.54) is 30.6 Å². The second-order valence-corrected chi connectivity index (χ2v) is 9.92. The average Bonchev–Trinajstić information content (AvgIpc) is 3.34. The number of ether oxygens (including phenoxy) is 1. The third kappa shape index (κ3) is 6.28. The molecule has 1 N–H and O–H groups in total. The Bertz CT molecular complexity index is 891. The molecule has 4 rings (SSSR count). The fraction of sp³-hybridized carbons (Fsp3) is 0.462. The van der Waals surface area contributed by atoms with Gasteiger partial charge in [0.2, 0.25) is 11.8 Å². The first kappa shape index (κ1) is 22.7. The molecule has 5 nitrogen and oxygen atoms in total. The Morgan fingerprint density at radius 2 is 1.62 bits per heavy atom. The zero-order valence-corrected chi connectivity index (χ0v) is 19.3. The van der Waals surface area contributed by atoms with Gasteiger partial charge in [-0.3, -0.25) is 9.59 Å². The summed E-state index contributed by atoms with van der Waals surface area (Å²) >= 11 is 1.90. The third-order valence-electron chi connectivity index (χ3n) is 6.29. The molecule has 0 bridgehead atoms. The lowest BCUT2D eigenvalue weighted by molar-refractivity contribution is -0.135. The molecule has 1 aliphatic heterocycles. The number of rotatable bonds is 8. The van der Waals surface area contributed by atoms with Crippen LogP contribution in [-0.4, -0.2) is 41.7 Å². The summed E-state index contributed by atoms with van der Waals surface area (Å²) in [5.41, 5.74) is 0.922. The van der Waals surface area contributed by atoms with Gasteiger partial charge in [-0.1, -0.05) is 43.2 Å². The highest BCUT2D eigenvalue weighted by atomic mass is 32.2. The van der Waals surface area contributed by atoms with E-state index in [-0.39, 0.29) is 17.7 Å². The van der Waals surface area contributed by atoms with Crippen molar-refractivity contribution in [3.63, 3.8) is 0 Å². The Balaban J connectivity index is 1.22. The summed E-state index contributed by atoms with van der Waals surface area (Å²) in [6.45, 7) is 1.63. The molecule has 6 heteroatoms. The molecule has 0 aromatic heterocycles. The Hall–Kier alpha value is -2.47. The van der Waals surface area contributed by atoms with Crippen molar-refractivity contribution in [1.82, 2.24) is 4.90 Å². The van der Waals surface area contributed by atoms with Gasteiger partial charge in [0.1, 0.15) is 5.75 Å². The van der Waals surface area contributed by atoms with E-state index in [2.05, 4.69) is 11.4 Å². The second-order valence-electron chi connectivity index (χ2n) is 8.58. The van der Waals surface area contributed by atoms with Crippen LogP contribution in [0.2, 0.25) is 0 Å². The Kier molecular flexibility index (Phi) is 8.10. The minimum Gasteiger partial charge on any atom is -0.493 e. The number of carbonyl (C=O) groups is 2. The molecule has 1 aliphatic carbocycles. The molecule has 2 aromatic carbocycles. The highest BCUT2D eigenvalue weighted by Gasteiger charge is 2.28. The van der Waals surface area contributed by atoms with Crippen LogP contribution >= 0.6 is 11.8 Å². The summed E-state index contributed by atoms with van der Waals surface area (Å²) in [4.78, 5) is 28.5. The van der Waals surface area contributed by atoms with E-state index in [4.69, 9.17) is 4.74 Å². The minimum absolute atomic E-state index is 0.0517. The minimum atomic E-state index is -0.0517. The van der Waals surface area contributed by atoms with Crippen LogP contribution in [-0.2, 0) is 9.59 Å². The average molecular weight is 453 g/mol. The molecule has 170 valence electrons. The van der Waals surface area contributed by atoms with Crippen LogP contribution in [0.3, 0.4) is 0 Å². The first-order valence-corrected chi connectivity index (χ1v) is 12.6. The number of benzene rings is 2. The number of nitrogens with zero attached hydrogens (tertiary/aromatic N) is 1. The van der Waals surface area contributed by atoms with Crippen LogP contribution in [0.5, 0.6) is 5.75 Å². The predicted octanol–water partition coefficient (Wildman–Crippen LogP) is 5.37. The molecule has 2 aromatic rings. The first-order chi connectivity index (χ1) is 15.7. The van der Waals surface area contributed by atoms with E-state index in [0.717, 1.165) is 11.4 Å². The molecule has 2 amide bonds. The maximum Gasteiger partial charge on any atom is 0.227 e. The van der Waals surface area contributed by atoms with Crippen molar-refractivity contribution >= 4 is 29.3 Å². The van der Waals surface area contributed by atoms with Crippen LogP contribution in [0.4, 0.5) is 5.69 Å². The standard InChI is InChI=1S/C26H32N2O3S/c29-25(16-19-31-21-8-2-1-3-9-21)28-17-14-20(15-18-28)26(30)27-23-12-6-7-13-24(23)32-22-10-4-5-11-22/h1-3,6-9,12-13,20,22H,4-5,10-11,14-19H2,(H,27,30). The fourth-order valence-electron chi connectivity index (χ4n) is 4.42. The fourth-order valence-corrected chi connectivity index (χ4v) is 5.75. The van der Waals surface area contributed by atoms with Crippen molar-refractivity contribution in [2.75, 3.05) is 25.0 Å².